The number of rotatable bonds is 5. The summed E-state index contributed by atoms with van der Waals surface area (Å²) in [5.41, 5.74) is 3.77. The number of hydrogen-bond donors (Lipinski definition) is 1. The molecular weight excluding hydrogens is 220 g/mol. The first kappa shape index (κ1) is 12.9. The first-order valence-corrected chi connectivity index (χ1v) is 6.94. The number of aryl methyl sites for hydroxylation is 2. The number of nitrogens with one attached hydrogen (secondary N) is 1. The van der Waals surface area contributed by atoms with Gasteiger partial charge in [0.2, 0.25) is 0 Å². The molecule has 0 saturated heterocycles. The first-order valence-electron chi connectivity index (χ1n) is 6.94. The Hall–Kier alpha value is -1.57. The van der Waals surface area contributed by atoms with Crippen LogP contribution < -0.4 is 5.32 Å². The van der Waals surface area contributed by atoms with E-state index in [4.69, 9.17) is 4.98 Å². The van der Waals surface area contributed by atoms with E-state index in [1.807, 2.05) is 0 Å². The summed E-state index contributed by atoms with van der Waals surface area (Å²) in [6.45, 7) is 7.53. The van der Waals surface area contributed by atoms with E-state index in [1.165, 1.54) is 16.5 Å². The maximum atomic E-state index is 4.75. The highest BCUT2D eigenvalue weighted by Gasteiger charge is 2.05. The second-order valence-corrected chi connectivity index (χ2v) is 4.66. The molecule has 0 aliphatic rings. The Kier molecular flexibility index (Phi) is 4.19. The topological polar surface area (TPSA) is 24.9 Å². The molecule has 0 aliphatic carbocycles. The molecule has 1 aromatic heterocycles. The Balaban J connectivity index is 2.46. The van der Waals surface area contributed by atoms with Crippen LogP contribution in [0.1, 0.15) is 38.3 Å². The molecule has 2 rings (SSSR count). The molecule has 0 spiro atoms. The fraction of sp³-hybridized carbons (Fsp3) is 0.438. The molecule has 1 heterocycles. The number of nitrogens with zero attached hydrogens (tertiary/aromatic N) is 1. The number of anilines is 1. The van der Waals surface area contributed by atoms with E-state index < -0.39 is 0 Å². The van der Waals surface area contributed by atoms with Crippen LogP contribution in [-0.2, 0) is 12.8 Å². The van der Waals surface area contributed by atoms with Gasteiger partial charge in [-0.1, -0.05) is 26.8 Å². The van der Waals surface area contributed by atoms with Gasteiger partial charge in [-0.25, -0.2) is 4.98 Å². The smallest absolute Gasteiger partial charge is 0.129 e. The van der Waals surface area contributed by atoms with Crippen LogP contribution in [0.4, 0.5) is 5.82 Å². The van der Waals surface area contributed by atoms with E-state index in [9.17, 15) is 0 Å². The van der Waals surface area contributed by atoms with E-state index in [2.05, 4.69) is 50.4 Å². The molecule has 0 aliphatic heterocycles. The van der Waals surface area contributed by atoms with E-state index in [-0.39, 0.29) is 0 Å². The molecule has 0 amide bonds. The fourth-order valence-electron chi connectivity index (χ4n) is 2.16. The van der Waals surface area contributed by atoms with Crippen molar-refractivity contribution in [3.8, 4) is 0 Å². The summed E-state index contributed by atoms with van der Waals surface area (Å²) in [6.07, 6.45) is 3.22. The third kappa shape index (κ3) is 2.63. The quantitative estimate of drug-likeness (QED) is 0.850. The molecule has 18 heavy (non-hydrogen) atoms. The van der Waals surface area contributed by atoms with Crippen molar-refractivity contribution in [2.24, 2.45) is 0 Å². The normalized spacial score (nSPS) is 10.8. The lowest BCUT2D eigenvalue weighted by atomic mass is 10.1. The summed E-state index contributed by atoms with van der Waals surface area (Å²) in [7, 11) is 0. The zero-order valence-corrected chi connectivity index (χ0v) is 11.6. The molecule has 0 unspecified atom stereocenters. The molecule has 0 saturated carbocycles. The minimum absolute atomic E-state index is 0.985. The van der Waals surface area contributed by atoms with Crippen molar-refractivity contribution >= 4 is 16.7 Å². The number of pyridine rings is 1. The molecule has 2 heteroatoms. The highest BCUT2D eigenvalue weighted by atomic mass is 15.0. The van der Waals surface area contributed by atoms with E-state index >= 15 is 0 Å². The zero-order chi connectivity index (χ0) is 13.0. The van der Waals surface area contributed by atoms with E-state index in [1.54, 1.807) is 0 Å². The Labute approximate surface area is 109 Å². The lowest BCUT2D eigenvalue weighted by Crippen LogP contribution is -2.05. The first-order chi connectivity index (χ1) is 8.78. The average Bonchev–Trinajstić information content (AvgIpc) is 2.43. The maximum Gasteiger partial charge on any atom is 0.129 e. The van der Waals surface area contributed by atoms with Gasteiger partial charge < -0.3 is 5.32 Å². The van der Waals surface area contributed by atoms with Gasteiger partial charge in [0.25, 0.3) is 0 Å². The van der Waals surface area contributed by atoms with E-state index in [0.29, 0.717) is 0 Å². The third-order valence-electron chi connectivity index (χ3n) is 3.29. The number of fused-ring (bicyclic) bond motifs is 1. The zero-order valence-electron chi connectivity index (χ0n) is 11.6. The van der Waals surface area contributed by atoms with Crippen molar-refractivity contribution in [1.82, 2.24) is 4.98 Å². The van der Waals surface area contributed by atoms with Gasteiger partial charge in [-0.3, -0.25) is 0 Å². The summed E-state index contributed by atoms with van der Waals surface area (Å²) in [5.74, 6) is 1.05. The van der Waals surface area contributed by atoms with Crippen LogP contribution in [0.3, 0.4) is 0 Å². The Morgan fingerprint density at radius 2 is 1.89 bits per heavy atom. The Morgan fingerprint density at radius 3 is 2.56 bits per heavy atom. The van der Waals surface area contributed by atoms with Crippen LogP contribution in [0.15, 0.2) is 24.3 Å². The lowest BCUT2D eigenvalue weighted by Gasteiger charge is -2.11. The van der Waals surface area contributed by atoms with Crippen LogP contribution in [0.25, 0.3) is 10.9 Å². The van der Waals surface area contributed by atoms with Crippen molar-refractivity contribution in [2.45, 2.75) is 40.0 Å². The fourth-order valence-corrected chi connectivity index (χ4v) is 2.16. The summed E-state index contributed by atoms with van der Waals surface area (Å²) >= 11 is 0. The predicted molar refractivity (Wildman–Crippen MR) is 79.3 cm³/mol. The standard InChI is InChI=1S/C16H22N2/c1-4-9-17-16-13(6-3)11-14-10-12(5-2)7-8-15(14)18-16/h7-8,10-11H,4-6,9H2,1-3H3,(H,17,18). The average molecular weight is 242 g/mol. The van der Waals surface area contributed by atoms with Crippen LogP contribution in [0, 0.1) is 0 Å². The van der Waals surface area contributed by atoms with Crippen LogP contribution in [0.2, 0.25) is 0 Å². The molecule has 2 aromatic rings. The molecule has 1 N–H and O–H groups in total. The molecule has 0 bridgehead atoms. The molecular formula is C16H22N2. The second-order valence-electron chi connectivity index (χ2n) is 4.66. The monoisotopic (exact) mass is 242 g/mol. The highest BCUT2D eigenvalue weighted by Crippen LogP contribution is 2.22. The minimum atomic E-state index is 0.985. The Bertz CT molecular complexity index is 532. The molecule has 0 fully saturated rings. The summed E-state index contributed by atoms with van der Waals surface area (Å²) in [6, 6.07) is 8.83. The van der Waals surface area contributed by atoms with Gasteiger partial charge in [-0.15, -0.1) is 0 Å². The van der Waals surface area contributed by atoms with Crippen molar-refractivity contribution in [3.05, 3.63) is 35.4 Å². The van der Waals surface area contributed by atoms with Crippen molar-refractivity contribution in [2.75, 3.05) is 11.9 Å². The van der Waals surface area contributed by atoms with Crippen LogP contribution >= 0.6 is 0 Å². The number of hydrogen-bond acceptors (Lipinski definition) is 2. The number of benzene rings is 1. The molecule has 1 aromatic carbocycles. The summed E-state index contributed by atoms with van der Waals surface area (Å²) in [4.78, 5) is 4.75. The van der Waals surface area contributed by atoms with Gasteiger partial charge >= 0.3 is 0 Å². The summed E-state index contributed by atoms with van der Waals surface area (Å²) in [5, 5.41) is 4.68. The lowest BCUT2D eigenvalue weighted by molar-refractivity contribution is 0.962. The number of aromatic nitrogens is 1. The second kappa shape index (κ2) is 5.85. The third-order valence-corrected chi connectivity index (χ3v) is 3.29. The van der Waals surface area contributed by atoms with Crippen LogP contribution in [0.5, 0.6) is 0 Å². The van der Waals surface area contributed by atoms with Gasteiger partial charge in [0.15, 0.2) is 0 Å². The highest BCUT2D eigenvalue weighted by molar-refractivity contribution is 5.82. The van der Waals surface area contributed by atoms with Gasteiger partial charge in [0, 0.05) is 11.9 Å². The van der Waals surface area contributed by atoms with Crippen LogP contribution in [-0.4, -0.2) is 11.5 Å². The van der Waals surface area contributed by atoms with Gasteiger partial charge in [0.05, 0.1) is 5.52 Å². The van der Waals surface area contributed by atoms with Crippen molar-refractivity contribution < 1.29 is 0 Å². The van der Waals surface area contributed by atoms with Crippen molar-refractivity contribution in [3.63, 3.8) is 0 Å². The SMILES string of the molecule is CCCNc1nc2ccc(CC)cc2cc1CC. The molecule has 2 nitrogen and oxygen atoms in total. The van der Waals surface area contributed by atoms with Gasteiger partial charge in [-0.2, -0.15) is 0 Å². The molecule has 0 atom stereocenters. The maximum absolute atomic E-state index is 4.75. The van der Waals surface area contributed by atoms with Gasteiger partial charge in [0.1, 0.15) is 5.82 Å². The minimum Gasteiger partial charge on any atom is -0.370 e. The summed E-state index contributed by atoms with van der Waals surface area (Å²) < 4.78 is 0. The predicted octanol–water partition coefficient (Wildman–Crippen LogP) is 4.18. The Morgan fingerprint density at radius 1 is 1.06 bits per heavy atom. The largest absolute Gasteiger partial charge is 0.370 e. The van der Waals surface area contributed by atoms with E-state index in [0.717, 1.165) is 37.1 Å². The molecule has 0 radical (unpaired) electrons. The molecule has 96 valence electrons. The van der Waals surface area contributed by atoms with Crippen molar-refractivity contribution in [1.29, 1.82) is 0 Å². The van der Waals surface area contributed by atoms with Gasteiger partial charge in [-0.05, 0) is 48.6 Å².